The van der Waals surface area contributed by atoms with Gasteiger partial charge >= 0.3 is 0 Å². The van der Waals surface area contributed by atoms with Crippen LogP contribution in [0.3, 0.4) is 0 Å². The van der Waals surface area contributed by atoms with Gasteiger partial charge in [0.1, 0.15) is 5.82 Å². The van der Waals surface area contributed by atoms with Crippen molar-refractivity contribution in [2.75, 3.05) is 0 Å². The number of benzene rings is 1. The van der Waals surface area contributed by atoms with Gasteiger partial charge in [0.2, 0.25) is 0 Å². The molecule has 0 aliphatic heterocycles. The normalized spacial score (nSPS) is 17.5. The molecule has 80 valence electrons. The predicted octanol–water partition coefficient (Wildman–Crippen LogP) is 2.19. The molecule has 1 fully saturated rings. The number of ketones is 1. The van der Waals surface area contributed by atoms with E-state index >= 15 is 0 Å². The molecule has 1 aliphatic rings. The van der Waals surface area contributed by atoms with Crippen molar-refractivity contribution >= 4 is 21.7 Å². The van der Waals surface area contributed by atoms with E-state index in [1.165, 1.54) is 12.1 Å². The van der Waals surface area contributed by atoms with Crippen LogP contribution in [0.15, 0.2) is 22.7 Å². The van der Waals surface area contributed by atoms with Gasteiger partial charge in [-0.2, -0.15) is 0 Å². The van der Waals surface area contributed by atoms with Crippen molar-refractivity contribution in [3.05, 3.63) is 34.1 Å². The number of carbonyl (C=O) groups excluding carboxylic acids is 1. The van der Waals surface area contributed by atoms with Crippen molar-refractivity contribution in [2.45, 2.75) is 24.8 Å². The average molecular weight is 272 g/mol. The van der Waals surface area contributed by atoms with Crippen LogP contribution < -0.4 is 5.73 Å². The van der Waals surface area contributed by atoms with Crippen LogP contribution in [0.2, 0.25) is 0 Å². The van der Waals surface area contributed by atoms with Crippen LogP contribution in [0.1, 0.15) is 18.4 Å². The molecule has 1 aromatic rings. The summed E-state index contributed by atoms with van der Waals surface area (Å²) in [6, 6.07) is 4.32. The Morgan fingerprint density at radius 1 is 1.53 bits per heavy atom. The molecule has 0 radical (unpaired) electrons. The van der Waals surface area contributed by atoms with Gasteiger partial charge < -0.3 is 5.73 Å². The SMILES string of the molecule is NC1(C(=O)Cc2ccc(F)cc2Br)CC1. The molecule has 1 aromatic carbocycles. The van der Waals surface area contributed by atoms with Crippen molar-refractivity contribution in [3.8, 4) is 0 Å². The van der Waals surface area contributed by atoms with Gasteiger partial charge in [-0.15, -0.1) is 0 Å². The largest absolute Gasteiger partial charge is 0.319 e. The molecule has 0 bridgehead atoms. The number of hydrogen-bond donors (Lipinski definition) is 1. The van der Waals surface area contributed by atoms with Gasteiger partial charge in [-0.05, 0) is 30.5 Å². The van der Waals surface area contributed by atoms with Crippen LogP contribution in [0.25, 0.3) is 0 Å². The van der Waals surface area contributed by atoms with Gasteiger partial charge in [0.25, 0.3) is 0 Å². The zero-order chi connectivity index (χ0) is 11.1. The number of nitrogens with two attached hydrogens (primary N) is 1. The molecular formula is C11H11BrFNO. The highest BCUT2D eigenvalue weighted by molar-refractivity contribution is 9.10. The smallest absolute Gasteiger partial charge is 0.157 e. The van der Waals surface area contributed by atoms with Crippen LogP contribution in [-0.2, 0) is 11.2 Å². The maximum atomic E-state index is 12.8. The van der Waals surface area contributed by atoms with Crippen molar-refractivity contribution in [2.24, 2.45) is 5.73 Å². The molecule has 0 spiro atoms. The molecule has 0 aromatic heterocycles. The third kappa shape index (κ3) is 2.26. The van der Waals surface area contributed by atoms with E-state index in [1.807, 2.05) is 0 Å². The monoisotopic (exact) mass is 271 g/mol. The fourth-order valence-electron chi connectivity index (χ4n) is 1.43. The Morgan fingerprint density at radius 3 is 2.73 bits per heavy atom. The highest BCUT2D eigenvalue weighted by atomic mass is 79.9. The van der Waals surface area contributed by atoms with E-state index in [9.17, 15) is 9.18 Å². The van der Waals surface area contributed by atoms with Crippen LogP contribution in [-0.4, -0.2) is 11.3 Å². The second kappa shape index (κ2) is 3.68. The van der Waals surface area contributed by atoms with Crippen LogP contribution in [0, 0.1) is 5.82 Å². The molecule has 2 nitrogen and oxygen atoms in total. The first kappa shape index (κ1) is 10.8. The van der Waals surface area contributed by atoms with E-state index in [2.05, 4.69) is 15.9 Å². The molecule has 0 heterocycles. The molecule has 2 N–H and O–H groups in total. The lowest BCUT2D eigenvalue weighted by Gasteiger charge is -2.08. The van der Waals surface area contributed by atoms with E-state index in [0.29, 0.717) is 4.47 Å². The second-order valence-electron chi connectivity index (χ2n) is 3.99. The van der Waals surface area contributed by atoms with E-state index in [4.69, 9.17) is 5.73 Å². The van der Waals surface area contributed by atoms with Crippen molar-refractivity contribution in [1.29, 1.82) is 0 Å². The lowest BCUT2D eigenvalue weighted by atomic mass is 10.0. The maximum Gasteiger partial charge on any atom is 0.157 e. The van der Waals surface area contributed by atoms with E-state index in [1.54, 1.807) is 6.07 Å². The standard InChI is InChI=1S/C11H11BrFNO/c12-9-6-8(13)2-1-7(9)5-10(15)11(14)3-4-11/h1-2,6H,3-5,14H2. The van der Waals surface area contributed by atoms with E-state index in [0.717, 1.165) is 18.4 Å². The molecule has 0 amide bonds. The number of hydrogen-bond acceptors (Lipinski definition) is 2. The van der Waals surface area contributed by atoms with Crippen LogP contribution in [0.5, 0.6) is 0 Å². The van der Waals surface area contributed by atoms with Crippen molar-refractivity contribution in [1.82, 2.24) is 0 Å². The topological polar surface area (TPSA) is 43.1 Å². The van der Waals surface area contributed by atoms with Crippen molar-refractivity contribution in [3.63, 3.8) is 0 Å². The number of rotatable bonds is 3. The van der Waals surface area contributed by atoms with Gasteiger partial charge in [0.05, 0.1) is 5.54 Å². The summed E-state index contributed by atoms with van der Waals surface area (Å²) in [5.41, 5.74) is 5.97. The molecule has 0 saturated heterocycles. The molecule has 1 aliphatic carbocycles. The molecule has 2 rings (SSSR count). The van der Waals surface area contributed by atoms with Gasteiger partial charge in [-0.1, -0.05) is 22.0 Å². The summed E-state index contributed by atoms with van der Waals surface area (Å²) < 4.78 is 13.4. The Hall–Kier alpha value is -0.740. The number of carbonyl (C=O) groups is 1. The lowest BCUT2D eigenvalue weighted by Crippen LogP contribution is -2.34. The first-order valence-electron chi connectivity index (χ1n) is 4.77. The van der Waals surface area contributed by atoms with Gasteiger partial charge in [-0.25, -0.2) is 4.39 Å². The summed E-state index contributed by atoms with van der Waals surface area (Å²) in [6.07, 6.45) is 1.81. The molecule has 0 atom stereocenters. The maximum absolute atomic E-state index is 12.8. The van der Waals surface area contributed by atoms with E-state index in [-0.39, 0.29) is 18.0 Å². The Kier molecular flexibility index (Phi) is 2.64. The highest BCUT2D eigenvalue weighted by Crippen LogP contribution is 2.34. The Bertz CT molecular complexity index is 415. The fourth-order valence-corrected chi connectivity index (χ4v) is 1.92. The zero-order valence-corrected chi connectivity index (χ0v) is 9.68. The molecular weight excluding hydrogens is 261 g/mol. The van der Waals surface area contributed by atoms with Crippen LogP contribution in [0.4, 0.5) is 4.39 Å². The predicted molar refractivity (Wildman–Crippen MR) is 59.0 cm³/mol. The molecule has 4 heteroatoms. The Morgan fingerprint density at radius 2 is 2.20 bits per heavy atom. The molecule has 0 unspecified atom stereocenters. The molecule has 1 saturated carbocycles. The van der Waals surface area contributed by atoms with Gasteiger partial charge in [0.15, 0.2) is 5.78 Å². The number of Topliss-reactive ketones (excluding diaryl/α,β-unsaturated/α-hetero) is 1. The average Bonchev–Trinajstić information content (AvgIpc) is 2.90. The lowest BCUT2D eigenvalue weighted by molar-refractivity contribution is -0.120. The first-order chi connectivity index (χ1) is 7.01. The summed E-state index contributed by atoms with van der Waals surface area (Å²) in [6.45, 7) is 0. The summed E-state index contributed by atoms with van der Waals surface area (Å²) >= 11 is 3.23. The summed E-state index contributed by atoms with van der Waals surface area (Å²) in [5.74, 6) is -0.276. The highest BCUT2D eigenvalue weighted by Gasteiger charge is 2.45. The quantitative estimate of drug-likeness (QED) is 0.916. The summed E-state index contributed by atoms with van der Waals surface area (Å²) in [5, 5.41) is 0. The minimum absolute atomic E-state index is 0.0369. The minimum atomic E-state index is -0.603. The number of halogens is 2. The summed E-state index contributed by atoms with van der Waals surface area (Å²) in [4.78, 5) is 11.7. The Labute approximate surface area is 95.8 Å². The third-order valence-corrected chi connectivity index (χ3v) is 3.45. The van der Waals surface area contributed by atoms with Crippen molar-refractivity contribution < 1.29 is 9.18 Å². The Balaban J connectivity index is 2.14. The summed E-state index contributed by atoms with van der Waals surface area (Å²) in [7, 11) is 0. The van der Waals surface area contributed by atoms with E-state index < -0.39 is 5.54 Å². The first-order valence-corrected chi connectivity index (χ1v) is 5.57. The third-order valence-electron chi connectivity index (χ3n) is 2.71. The molecule has 15 heavy (non-hydrogen) atoms. The fraction of sp³-hybridized carbons (Fsp3) is 0.364. The second-order valence-corrected chi connectivity index (χ2v) is 4.85. The van der Waals surface area contributed by atoms with Gasteiger partial charge in [-0.3, -0.25) is 4.79 Å². The van der Waals surface area contributed by atoms with Crippen LogP contribution >= 0.6 is 15.9 Å². The minimum Gasteiger partial charge on any atom is -0.319 e. The van der Waals surface area contributed by atoms with Gasteiger partial charge in [0, 0.05) is 10.9 Å². The zero-order valence-electron chi connectivity index (χ0n) is 8.09.